The molecule has 1 fully saturated rings. The van der Waals surface area contributed by atoms with Crippen LogP contribution in [0.2, 0.25) is 0 Å². The molecule has 5 nitrogen and oxygen atoms in total. The van der Waals surface area contributed by atoms with Crippen molar-refractivity contribution in [3.8, 4) is 0 Å². The van der Waals surface area contributed by atoms with Crippen molar-refractivity contribution in [1.29, 1.82) is 0 Å². The van der Waals surface area contributed by atoms with Gasteiger partial charge in [-0.3, -0.25) is 9.59 Å². The molecule has 104 valence electrons. The summed E-state index contributed by atoms with van der Waals surface area (Å²) in [6.07, 6.45) is 4.43. The molecule has 2 aromatic rings. The molecule has 0 atom stereocenters. The molecule has 1 N–H and O–H groups in total. The number of aromatic amines is 1. The first-order chi connectivity index (χ1) is 9.68. The first kappa shape index (κ1) is 12.8. The van der Waals surface area contributed by atoms with Gasteiger partial charge in [0.2, 0.25) is 0 Å². The lowest BCUT2D eigenvalue weighted by atomic mass is 10.1. The van der Waals surface area contributed by atoms with Crippen molar-refractivity contribution in [1.82, 2.24) is 15.1 Å². The van der Waals surface area contributed by atoms with Crippen LogP contribution in [0.15, 0.2) is 29.1 Å². The van der Waals surface area contributed by atoms with E-state index in [1.807, 2.05) is 13.1 Å². The quantitative estimate of drug-likeness (QED) is 0.907. The van der Waals surface area contributed by atoms with Gasteiger partial charge in [-0.05, 0) is 18.9 Å². The molecule has 1 amide bonds. The van der Waals surface area contributed by atoms with E-state index in [-0.39, 0.29) is 17.5 Å². The fourth-order valence-corrected chi connectivity index (χ4v) is 2.90. The lowest BCUT2D eigenvalue weighted by molar-refractivity contribution is 0.0730. The number of rotatable bonds is 2. The van der Waals surface area contributed by atoms with Crippen molar-refractivity contribution in [3.63, 3.8) is 0 Å². The maximum Gasteiger partial charge on any atom is 0.274 e. The minimum atomic E-state index is -0.263. The SMILES string of the molecule is CN(C(=O)c1n[nH]c(=O)c2ccccc12)C1CCCC1. The highest BCUT2D eigenvalue weighted by Crippen LogP contribution is 2.24. The monoisotopic (exact) mass is 271 g/mol. The van der Waals surface area contributed by atoms with Crippen LogP contribution in [0.25, 0.3) is 10.8 Å². The number of hydrogen-bond donors (Lipinski definition) is 1. The van der Waals surface area contributed by atoms with Crippen molar-refractivity contribution in [2.45, 2.75) is 31.7 Å². The van der Waals surface area contributed by atoms with E-state index >= 15 is 0 Å². The Balaban J connectivity index is 2.03. The number of nitrogens with zero attached hydrogens (tertiary/aromatic N) is 2. The van der Waals surface area contributed by atoms with E-state index in [2.05, 4.69) is 10.2 Å². The van der Waals surface area contributed by atoms with E-state index in [1.54, 1.807) is 23.1 Å². The van der Waals surface area contributed by atoms with E-state index in [1.165, 1.54) is 12.8 Å². The zero-order valence-electron chi connectivity index (χ0n) is 11.4. The van der Waals surface area contributed by atoms with Crippen molar-refractivity contribution >= 4 is 16.7 Å². The zero-order valence-corrected chi connectivity index (χ0v) is 11.4. The molecule has 1 saturated carbocycles. The Morgan fingerprint density at radius 1 is 1.25 bits per heavy atom. The van der Waals surface area contributed by atoms with Crippen LogP contribution in [-0.4, -0.2) is 34.1 Å². The van der Waals surface area contributed by atoms with Gasteiger partial charge in [-0.2, -0.15) is 5.10 Å². The Labute approximate surface area is 116 Å². The van der Waals surface area contributed by atoms with Crippen LogP contribution in [0.4, 0.5) is 0 Å². The summed E-state index contributed by atoms with van der Waals surface area (Å²) in [7, 11) is 1.82. The van der Waals surface area contributed by atoms with Crippen LogP contribution in [0.5, 0.6) is 0 Å². The number of benzene rings is 1. The van der Waals surface area contributed by atoms with Crippen molar-refractivity contribution in [2.24, 2.45) is 0 Å². The minimum Gasteiger partial charge on any atom is -0.337 e. The van der Waals surface area contributed by atoms with Gasteiger partial charge in [0, 0.05) is 18.5 Å². The van der Waals surface area contributed by atoms with Crippen LogP contribution in [-0.2, 0) is 0 Å². The van der Waals surface area contributed by atoms with E-state index in [9.17, 15) is 9.59 Å². The molecular weight excluding hydrogens is 254 g/mol. The van der Waals surface area contributed by atoms with Gasteiger partial charge in [0.1, 0.15) is 0 Å². The van der Waals surface area contributed by atoms with Crippen LogP contribution < -0.4 is 5.56 Å². The molecular formula is C15H17N3O2. The summed E-state index contributed by atoms with van der Waals surface area (Å²) < 4.78 is 0. The third-order valence-corrected chi connectivity index (χ3v) is 4.09. The van der Waals surface area contributed by atoms with Gasteiger partial charge in [0.15, 0.2) is 5.69 Å². The summed E-state index contributed by atoms with van der Waals surface area (Å²) in [5.41, 5.74) is 0.0651. The molecule has 0 bridgehead atoms. The summed E-state index contributed by atoms with van der Waals surface area (Å²) in [4.78, 5) is 26.1. The van der Waals surface area contributed by atoms with Gasteiger partial charge >= 0.3 is 0 Å². The molecule has 20 heavy (non-hydrogen) atoms. The maximum atomic E-state index is 12.6. The number of carbonyl (C=O) groups excluding carboxylic acids is 1. The highest BCUT2D eigenvalue weighted by Gasteiger charge is 2.26. The molecule has 1 aromatic heterocycles. The Morgan fingerprint density at radius 3 is 2.60 bits per heavy atom. The second kappa shape index (κ2) is 5.07. The molecule has 1 aliphatic rings. The molecule has 3 rings (SSSR count). The highest BCUT2D eigenvalue weighted by molar-refractivity contribution is 6.04. The average Bonchev–Trinajstić information content (AvgIpc) is 3.01. The Kier molecular flexibility index (Phi) is 3.26. The number of aromatic nitrogens is 2. The van der Waals surface area contributed by atoms with Gasteiger partial charge < -0.3 is 4.90 Å². The number of carbonyl (C=O) groups is 1. The molecule has 0 spiro atoms. The number of hydrogen-bond acceptors (Lipinski definition) is 3. The smallest absolute Gasteiger partial charge is 0.274 e. The van der Waals surface area contributed by atoms with Crippen LogP contribution in [0.3, 0.4) is 0 Å². The molecule has 0 aliphatic heterocycles. The third-order valence-electron chi connectivity index (χ3n) is 4.09. The number of fused-ring (bicyclic) bond motifs is 1. The molecule has 1 aliphatic carbocycles. The Morgan fingerprint density at radius 2 is 1.90 bits per heavy atom. The standard InChI is InChI=1S/C15H17N3O2/c1-18(10-6-2-3-7-10)15(20)13-11-8-4-5-9-12(11)14(19)17-16-13/h4-5,8-10H,2-3,6-7H2,1H3,(H,17,19). The number of H-pyrrole nitrogens is 1. The lowest BCUT2D eigenvalue weighted by Crippen LogP contribution is -2.36. The second-order valence-corrected chi connectivity index (χ2v) is 5.30. The van der Waals surface area contributed by atoms with E-state index in [0.717, 1.165) is 12.8 Å². The fourth-order valence-electron chi connectivity index (χ4n) is 2.90. The summed E-state index contributed by atoms with van der Waals surface area (Å²) in [5.74, 6) is -0.121. The first-order valence-corrected chi connectivity index (χ1v) is 6.93. The summed E-state index contributed by atoms with van der Waals surface area (Å²) in [5, 5.41) is 7.51. The van der Waals surface area contributed by atoms with Crippen LogP contribution >= 0.6 is 0 Å². The summed E-state index contributed by atoms with van der Waals surface area (Å²) in [6.45, 7) is 0. The Bertz CT molecular complexity index is 702. The fraction of sp³-hybridized carbons (Fsp3) is 0.400. The lowest BCUT2D eigenvalue weighted by Gasteiger charge is -2.24. The molecule has 5 heteroatoms. The minimum absolute atomic E-state index is 0.121. The van der Waals surface area contributed by atoms with Crippen molar-refractivity contribution < 1.29 is 4.79 Å². The zero-order chi connectivity index (χ0) is 14.1. The Hall–Kier alpha value is -2.17. The third kappa shape index (κ3) is 2.09. The predicted molar refractivity (Wildman–Crippen MR) is 76.7 cm³/mol. The van der Waals surface area contributed by atoms with Crippen molar-refractivity contribution in [2.75, 3.05) is 7.05 Å². The molecule has 0 unspecified atom stereocenters. The van der Waals surface area contributed by atoms with Gasteiger partial charge in [-0.25, -0.2) is 5.10 Å². The molecule has 1 heterocycles. The largest absolute Gasteiger partial charge is 0.337 e. The predicted octanol–water partition coefficient (Wildman–Crippen LogP) is 1.94. The van der Waals surface area contributed by atoms with Crippen molar-refractivity contribution in [3.05, 3.63) is 40.3 Å². The van der Waals surface area contributed by atoms with Gasteiger partial charge in [0.05, 0.1) is 5.39 Å². The van der Waals surface area contributed by atoms with Gasteiger partial charge in [-0.1, -0.05) is 31.0 Å². The average molecular weight is 271 g/mol. The van der Waals surface area contributed by atoms with Gasteiger partial charge in [-0.15, -0.1) is 0 Å². The molecule has 0 saturated heterocycles. The normalized spacial score (nSPS) is 15.7. The first-order valence-electron chi connectivity index (χ1n) is 6.93. The van der Waals surface area contributed by atoms with E-state index in [4.69, 9.17) is 0 Å². The molecule has 0 radical (unpaired) electrons. The van der Waals surface area contributed by atoms with Crippen LogP contribution in [0.1, 0.15) is 36.2 Å². The highest BCUT2D eigenvalue weighted by atomic mass is 16.2. The number of amides is 1. The van der Waals surface area contributed by atoms with Crippen LogP contribution in [0, 0.1) is 0 Å². The molecule has 1 aromatic carbocycles. The maximum absolute atomic E-state index is 12.6. The van der Waals surface area contributed by atoms with E-state index < -0.39 is 0 Å². The van der Waals surface area contributed by atoms with Gasteiger partial charge in [0.25, 0.3) is 11.5 Å². The summed E-state index contributed by atoms with van der Waals surface area (Å²) >= 11 is 0. The number of nitrogens with one attached hydrogen (secondary N) is 1. The van der Waals surface area contributed by atoms with E-state index in [0.29, 0.717) is 16.5 Å². The topological polar surface area (TPSA) is 66.1 Å². The summed E-state index contributed by atoms with van der Waals surface area (Å²) in [6, 6.07) is 7.37. The second-order valence-electron chi connectivity index (χ2n) is 5.30.